The van der Waals surface area contributed by atoms with E-state index in [-0.39, 0.29) is 15.6 Å². The van der Waals surface area contributed by atoms with Crippen LogP contribution in [0.2, 0.25) is 0 Å². The van der Waals surface area contributed by atoms with E-state index in [4.69, 9.17) is 5.73 Å². The second-order valence-corrected chi connectivity index (χ2v) is 5.22. The van der Waals surface area contributed by atoms with Gasteiger partial charge >= 0.3 is 0 Å². The predicted molar refractivity (Wildman–Crippen MR) is 72.8 cm³/mol. The highest BCUT2D eigenvalue weighted by molar-refractivity contribution is 7.99. The van der Waals surface area contributed by atoms with Crippen molar-refractivity contribution in [3.8, 4) is 0 Å². The van der Waals surface area contributed by atoms with Gasteiger partial charge in [-0.25, -0.2) is 13.8 Å². The summed E-state index contributed by atoms with van der Waals surface area (Å²) in [5.41, 5.74) is 5.98. The Morgan fingerprint density at radius 2 is 1.95 bits per heavy atom. The van der Waals surface area contributed by atoms with Crippen molar-refractivity contribution >= 4 is 11.8 Å². The third-order valence-electron chi connectivity index (χ3n) is 2.54. The van der Waals surface area contributed by atoms with Crippen LogP contribution in [0.4, 0.5) is 8.78 Å². The quantitative estimate of drug-likeness (QED) is 0.847. The summed E-state index contributed by atoms with van der Waals surface area (Å²) >= 11 is 0.748. The van der Waals surface area contributed by atoms with Crippen LogP contribution < -0.4 is 11.3 Å². The van der Waals surface area contributed by atoms with Crippen molar-refractivity contribution in [2.45, 2.75) is 23.4 Å². The molecule has 3 N–H and O–H groups in total. The molecule has 0 atom stereocenters. The van der Waals surface area contributed by atoms with E-state index in [2.05, 4.69) is 9.97 Å². The molecule has 1 aromatic heterocycles. The van der Waals surface area contributed by atoms with Gasteiger partial charge in [-0.1, -0.05) is 0 Å². The van der Waals surface area contributed by atoms with Gasteiger partial charge in [0.2, 0.25) is 0 Å². The van der Waals surface area contributed by atoms with Crippen LogP contribution in [0.25, 0.3) is 0 Å². The van der Waals surface area contributed by atoms with Crippen LogP contribution in [-0.4, -0.2) is 16.5 Å². The molecule has 0 fully saturated rings. The van der Waals surface area contributed by atoms with Gasteiger partial charge in [0.15, 0.2) is 5.16 Å². The van der Waals surface area contributed by atoms with E-state index in [0.29, 0.717) is 24.2 Å². The van der Waals surface area contributed by atoms with E-state index >= 15 is 0 Å². The molecule has 0 aliphatic heterocycles. The third-order valence-corrected chi connectivity index (χ3v) is 3.52. The molecule has 7 heteroatoms. The molecule has 0 spiro atoms. The molecule has 20 heavy (non-hydrogen) atoms. The summed E-state index contributed by atoms with van der Waals surface area (Å²) in [5, 5.41) is 0.152. The van der Waals surface area contributed by atoms with Gasteiger partial charge in [0.25, 0.3) is 5.56 Å². The summed E-state index contributed by atoms with van der Waals surface area (Å²) in [5.74, 6) is -1.38. The summed E-state index contributed by atoms with van der Waals surface area (Å²) in [6, 6.07) is 3.79. The largest absolute Gasteiger partial charge is 0.330 e. The fourth-order valence-corrected chi connectivity index (χ4v) is 2.56. The van der Waals surface area contributed by atoms with Crippen LogP contribution in [0.1, 0.15) is 11.3 Å². The first kappa shape index (κ1) is 14.7. The lowest BCUT2D eigenvalue weighted by Crippen LogP contribution is -2.08. The molecular weight excluding hydrogens is 284 g/mol. The Kier molecular flexibility index (Phi) is 4.51. The summed E-state index contributed by atoms with van der Waals surface area (Å²) in [6.45, 7) is 1.95. The highest BCUT2D eigenvalue weighted by atomic mass is 32.2. The zero-order valence-corrected chi connectivity index (χ0v) is 11.6. The number of halogens is 2. The number of aryl methyl sites for hydroxylation is 1. The molecule has 1 heterocycles. The topological polar surface area (TPSA) is 71.8 Å². The van der Waals surface area contributed by atoms with Crippen LogP contribution in [-0.2, 0) is 6.42 Å². The molecule has 0 aliphatic carbocycles. The van der Waals surface area contributed by atoms with Gasteiger partial charge in [-0.3, -0.25) is 4.79 Å². The normalized spacial score (nSPS) is 10.8. The van der Waals surface area contributed by atoms with Gasteiger partial charge in [-0.05, 0) is 49.3 Å². The van der Waals surface area contributed by atoms with Crippen molar-refractivity contribution in [1.82, 2.24) is 9.97 Å². The molecule has 4 nitrogen and oxygen atoms in total. The zero-order valence-electron chi connectivity index (χ0n) is 10.7. The van der Waals surface area contributed by atoms with Crippen molar-refractivity contribution in [1.29, 1.82) is 0 Å². The van der Waals surface area contributed by atoms with Gasteiger partial charge in [0, 0.05) is 11.8 Å². The van der Waals surface area contributed by atoms with E-state index in [1.54, 1.807) is 6.92 Å². The molecule has 0 unspecified atom stereocenters. The number of H-pyrrole nitrogens is 1. The maximum absolute atomic E-state index is 13.9. The maximum Gasteiger partial charge on any atom is 0.251 e. The number of nitrogens with two attached hydrogens (primary N) is 1. The molecule has 0 saturated heterocycles. The third kappa shape index (κ3) is 3.43. The van der Waals surface area contributed by atoms with Crippen LogP contribution in [0.5, 0.6) is 0 Å². The first-order chi connectivity index (χ1) is 9.49. The van der Waals surface area contributed by atoms with Crippen LogP contribution >= 0.6 is 11.8 Å². The maximum atomic E-state index is 13.9. The van der Waals surface area contributed by atoms with Crippen molar-refractivity contribution in [3.05, 3.63) is 51.4 Å². The number of benzene rings is 1. The minimum atomic E-state index is -0.692. The minimum Gasteiger partial charge on any atom is -0.330 e. The number of nitrogens with one attached hydrogen (secondary N) is 1. The van der Waals surface area contributed by atoms with E-state index in [1.807, 2.05) is 0 Å². The fourth-order valence-electron chi connectivity index (χ4n) is 1.72. The molecule has 2 aromatic rings. The molecule has 106 valence electrons. The Labute approximate surface area is 118 Å². The Bertz CT molecular complexity index is 665. The lowest BCUT2D eigenvalue weighted by atomic mass is 10.1. The minimum absolute atomic E-state index is 0.152. The predicted octanol–water partition coefficient (Wildman–Crippen LogP) is 2.01. The standard InChI is InChI=1S/C13H13F2N3OS/c1-7-4-11(19)18-13(17-7)20-12-9(14)5-8(2-3-16)6-10(12)15/h4-6H,2-3,16H2,1H3,(H,17,18,19). The number of nitrogens with zero attached hydrogens (tertiary/aromatic N) is 1. The van der Waals surface area contributed by atoms with Crippen molar-refractivity contribution < 1.29 is 8.78 Å². The summed E-state index contributed by atoms with van der Waals surface area (Å²) in [4.78, 5) is 17.6. The van der Waals surface area contributed by atoms with Crippen molar-refractivity contribution in [3.63, 3.8) is 0 Å². The van der Waals surface area contributed by atoms with E-state index in [1.165, 1.54) is 18.2 Å². The van der Waals surface area contributed by atoms with Crippen LogP contribution in [0.15, 0.2) is 33.0 Å². The van der Waals surface area contributed by atoms with Crippen LogP contribution in [0.3, 0.4) is 0 Å². The Hall–Kier alpha value is -1.73. The first-order valence-corrected chi connectivity index (χ1v) is 6.75. The molecule has 2 rings (SSSR count). The fraction of sp³-hybridized carbons (Fsp3) is 0.231. The Morgan fingerprint density at radius 3 is 2.50 bits per heavy atom. The van der Waals surface area contributed by atoms with E-state index in [9.17, 15) is 13.6 Å². The summed E-state index contributed by atoms with van der Waals surface area (Å²) in [7, 11) is 0. The van der Waals surface area contributed by atoms with Crippen molar-refractivity contribution in [2.75, 3.05) is 6.54 Å². The number of hydrogen-bond donors (Lipinski definition) is 2. The zero-order chi connectivity index (χ0) is 14.7. The smallest absolute Gasteiger partial charge is 0.251 e. The van der Waals surface area contributed by atoms with E-state index < -0.39 is 11.6 Å². The number of hydrogen-bond acceptors (Lipinski definition) is 4. The molecule has 0 radical (unpaired) electrons. The second-order valence-electron chi connectivity index (χ2n) is 4.22. The molecule has 0 aliphatic rings. The first-order valence-electron chi connectivity index (χ1n) is 5.93. The van der Waals surface area contributed by atoms with Gasteiger partial charge in [0.1, 0.15) is 11.6 Å². The SMILES string of the molecule is Cc1cc(=O)[nH]c(Sc2c(F)cc(CCN)cc2F)n1. The van der Waals surface area contributed by atoms with Gasteiger partial charge < -0.3 is 10.7 Å². The Morgan fingerprint density at radius 1 is 1.30 bits per heavy atom. The monoisotopic (exact) mass is 297 g/mol. The second kappa shape index (κ2) is 6.15. The Balaban J connectivity index is 2.36. The molecule has 1 aromatic carbocycles. The van der Waals surface area contributed by atoms with E-state index in [0.717, 1.165) is 11.8 Å². The number of rotatable bonds is 4. The van der Waals surface area contributed by atoms with Gasteiger partial charge in [-0.15, -0.1) is 0 Å². The molecule has 0 amide bonds. The highest BCUT2D eigenvalue weighted by Gasteiger charge is 2.14. The number of aromatic nitrogens is 2. The summed E-state index contributed by atoms with van der Waals surface area (Å²) in [6.07, 6.45) is 0.401. The lowest BCUT2D eigenvalue weighted by molar-refractivity contribution is 0.536. The lowest BCUT2D eigenvalue weighted by Gasteiger charge is -2.07. The van der Waals surface area contributed by atoms with Crippen LogP contribution in [0, 0.1) is 18.6 Å². The van der Waals surface area contributed by atoms with Gasteiger partial charge in [0.05, 0.1) is 4.90 Å². The average molecular weight is 297 g/mol. The molecular formula is C13H13F2N3OS. The van der Waals surface area contributed by atoms with Gasteiger partial charge in [-0.2, -0.15) is 0 Å². The molecule has 0 bridgehead atoms. The van der Waals surface area contributed by atoms with Crippen molar-refractivity contribution in [2.24, 2.45) is 5.73 Å². The molecule has 0 saturated carbocycles. The average Bonchev–Trinajstić information content (AvgIpc) is 2.33. The number of aromatic amines is 1. The highest BCUT2D eigenvalue weighted by Crippen LogP contribution is 2.30. The summed E-state index contributed by atoms with van der Waals surface area (Å²) < 4.78 is 27.8.